The number of aromatic nitrogens is 4. The van der Waals surface area contributed by atoms with Crippen LogP contribution in [-0.2, 0) is 6.18 Å². The number of nitrogens with zero attached hydrogens (tertiary/aromatic N) is 4. The minimum Gasteiger partial charge on any atom is -0.383 e. The SMILES string of the molecule is Cc1nnc(Nc2cnc(C(F)(F)F)cn2)cc1NCCCNC1CCCCC1. The maximum atomic E-state index is 12.6. The lowest BCUT2D eigenvalue weighted by Gasteiger charge is -2.22. The van der Waals surface area contributed by atoms with Gasteiger partial charge in [0, 0.05) is 18.7 Å². The van der Waals surface area contributed by atoms with Crippen molar-refractivity contribution in [2.45, 2.75) is 57.7 Å². The Morgan fingerprint density at radius 1 is 1.00 bits per heavy atom. The molecule has 29 heavy (non-hydrogen) atoms. The maximum absolute atomic E-state index is 12.6. The molecular weight excluding hydrogens is 383 g/mol. The van der Waals surface area contributed by atoms with Gasteiger partial charge in [-0.05, 0) is 32.7 Å². The van der Waals surface area contributed by atoms with E-state index in [1.807, 2.05) is 6.92 Å². The molecule has 1 saturated carbocycles. The quantitative estimate of drug-likeness (QED) is 0.567. The monoisotopic (exact) mass is 409 g/mol. The molecular formula is C19H26F3N7. The van der Waals surface area contributed by atoms with Gasteiger partial charge in [0.15, 0.2) is 11.5 Å². The Balaban J connectivity index is 1.48. The summed E-state index contributed by atoms with van der Waals surface area (Å²) >= 11 is 0. The van der Waals surface area contributed by atoms with Gasteiger partial charge in [-0.2, -0.15) is 18.3 Å². The average molecular weight is 409 g/mol. The Hall–Kier alpha value is -2.49. The van der Waals surface area contributed by atoms with E-state index >= 15 is 0 Å². The van der Waals surface area contributed by atoms with Crippen LogP contribution in [0.1, 0.15) is 49.9 Å². The maximum Gasteiger partial charge on any atom is 0.434 e. The van der Waals surface area contributed by atoms with Gasteiger partial charge in [-0.15, -0.1) is 5.10 Å². The minimum atomic E-state index is -4.52. The second-order valence-electron chi connectivity index (χ2n) is 7.21. The lowest BCUT2D eigenvalue weighted by molar-refractivity contribution is -0.141. The molecule has 2 aromatic heterocycles. The summed E-state index contributed by atoms with van der Waals surface area (Å²) in [5.41, 5.74) is 0.525. The molecule has 0 aromatic carbocycles. The largest absolute Gasteiger partial charge is 0.434 e. The van der Waals surface area contributed by atoms with E-state index in [1.54, 1.807) is 6.07 Å². The first-order valence-corrected chi connectivity index (χ1v) is 9.89. The summed E-state index contributed by atoms with van der Waals surface area (Å²) in [7, 11) is 0. The predicted octanol–water partition coefficient (Wildman–Crippen LogP) is 4.06. The van der Waals surface area contributed by atoms with Crippen molar-refractivity contribution in [2.24, 2.45) is 0 Å². The molecule has 0 amide bonds. The zero-order valence-electron chi connectivity index (χ0n) is 16.4. The standard InChI is InChI=1S/C19H26F3N7/c1-13-15(24-9-5-8-23-14-6-3-2-4-7-14)10-17(29-28-13)27-18-12-25-16(11-26-18)19(20,21)22/h10-12,14,23H,2-9H2,1H3,(H2,24,26,27,29). The molecule has 10 heteroatoms. The van der Waals surface area contributed by atoms with E-state index in [0.29, 0.717) is 18.1 Å². The van der Waals surface area contributed by atoms with Crippen LogP contribution >= 0.6 is 0 Å². The van der Waals surface area contributed by atoms with Crippen molar-refractivity contribution in [1.82, 2.24) is 25.5 Å². The first-order chi connectivity index (χ1) is 13.9. The summed E-state index contributed by atoms with van der Waals surface area (Å²) in [6.45, 7) is 3.59. The van der Waals surface area contributed by atoms with E-state index in [4.69, 9.17) is 0 Å². The van der Waals surface area contributed by atoms with E-state index in [0.717, 1.165) is 37.1 Å². The van der Waals surface area contributed by atoms with Crippen molar-refractivity contribution in [3.8, 4) is 0 Å². The van der Waals surface area contributed by atoms with Crippen molar-refractivity contribution in [2.75, 3.05) is 23.7 Å². The van der Waals surface area contributed by atoms with Crippen molar-refractivity contribution in [3.05, 3.63) is 29.8 Å². The van der Waals surface area contributed by atoms with E-state index in [9.17, 15) is 13.2 Å². The highest BCUT2D eigenvalue weighted by Gasteiger charge is 2.32. The zero-order chi connectivity index (χ0) is 20.7. The molecule has 2 aromatic rings. The van der Waals surface area contributed by atoms with E-state index in [1.165, 1.54) is 32.1 Å². The fourth-order valence-corrected chi connectivity index (χ4v) is 3.29. The molecule has 0 saturated heterocycles. The van der Waals surface area contributed by atoms with Crippen molar-refractivity contribution < 1.29 is 13.2 Å². The van der Waals surface area contributed by atoms with Crippen LogP contribution in [0.25, 0.3) is 0 Å². The molecule has 0 spiro atoms. The Labute approximate surface area is 167 Å². The van der Waals surface area contributed by atoms with Crippen molar-refractivity contribution in [3.63, 3.8) is 0 Å². The van der Waals surface area contributed by atoms with Gasteiger partial charge in [0.1, 0.15) is 5.82 Å². The molecule has 1 fully saturated rings. The first-order valence-electron chi connectivity index (χ1n) is 9.89. The van der Waals surface area contributed by atoms with Crippen LogP contribution < -0.4 is 16.0 Å². The molecule has 2 heterocycles. The summed E-state index contributed by atoms with van der Waals surface area (Å²) in [5.74, 6) is 0.547. The average Bonchev–Trinajstić information content (AvgIpc) is 2.70. The summed E-state index contributed by atoms with van der Waals surface area (Å²) in [5, 5.41) is 17.9. The molecule has 0 aliphatic heterocycles. The molecule has 0 radical (unpaired) electrons. The van der Waals surface area contributed by atoms with Crippen LogP contribution in [0.2, 0.25) is 0 Å². The van der Waals surface area contributed by atoms with E-state index in [2.05, 4.69) is 36.1 Å². The van der Waals surface area contributed by atoms with Crippen LogP contribution in [0, 0.1) is 6.92 Å². The molecule has 0 unspecified atom stereocenters. The number of aryl methyl sites for hydroxylation is 1. The molecule has 3 rings (SSSR count). The third-order valence-corrected chi connectivity index (χ3v) is 4.88. The highest BCUT2D eigenvalue weighted by atomic mass is 19.4. The van der Waals surface area contributed by atoms with Gasteiger partial charge < -0.3 is 16.0 Å². The fourth-order valence-electron chi connectivity index (χ4n) is 3.29. The van der Waals surface area contributed by atoms with Gasteiger partial charge in [-0.1, -0.05) is 19.3 Å². The zero-order valence-corrected chi connectivity index (χ0v) is 16.4. The van der Waals surface area contributed by atoms with Crippen LogP contribution in [0.3, 0.4) is 0 Å². The molecule has 3 N–H and O–H groups in total. The number of rotatable bonds is 8. The number of hydrogen-bond donors (Lipinski definition) is 3. The third kappa shape index (κ3) is 6.52. The minimum absolute atomic E-state index is 0.166. The Morgan fingerprint density at radius 3 is 2.48 bits per heavy atom. The predicted molar refractivity (Wildman–Crippen MR) is 105 cm³/mol. The highest BCUT2D eigenvalue weighted by molar-refractivity contribution is 5.58. The number of alkyl halides is 3. The van der Waals surface area contributed by atoms with Gasteiger partial charge >= 0.3 is 6.18 Å². The van der Waals surface area contributed by atoms with Gasteiger partial charge in [-0.25, -0.2) is 9.97 Å². The number of hydrogen-bond acceptors (Lipinski definition) is 7. The third-order valence-electron chi connectivity index (χ3n) is 4.88. The van der Waals surface area contributed by atoms with E-state index < -0.39 is 11.9 Å². The Kier molecular flexibility index (Phi) is 7.18. The molecule has 158 valence electrons. The Bertz CT molecular complexity index is 774. The van der Waals surface area contributed by atoms with Crippen molar-refractivity contribution >= 4 is 17.3 Å². The number of halogens is 3. The first kappa shape index (κ1) is 21.2. The smallest absolute Gasteiger partial charge is 0.383 e. The Morgan fingerprint density at radius 2 is 1.79 bits per heavy atom. The molecule has 1 aliphatic rings. The molecule has 0 bridgehead atoms. The lowest BCUT2D eigenvalue weighted by Crippen LogP contribution is -2.32. The van der Waals surface area contributed by atoms with Crippen molar-refractivity contribution in [1.29, 1.82) is 0 Å². The second kappa shape index (κ2) is 9.82. The van der Waals surface area contributed by atoms with Crippen LogP contribution in [0.5, 0.6) is 0 Å². The normalized spacial score (nSPS) is 15.3. The van der Waals surface area contributed by atoms with Gasteiger partial charge in [0.25, 0.3) is 0 Å². The van der Waals surface area contributed by atoms with Crippen LogP contribution in [-0.4, -0.2) is 39.3 Å². The second-order valence-corrected chi connectivity index (χ2v) is 7.21. The number of nitrogens with one attached hydrogen (secondary N) is 3. The molecule has 0 atom stereocenters. The van der Waals surface area contributed by atoms with E-state index in [-0.39, 0.29) is 5.82 Å². The molecule has 7 nitrogen and oxygen atoms in total. The summed E-state index contributed by atoms with van der Waals surface area (Å²) in [4.78, 5) is 7.11. The van der Waals surface area contributed by atoms with Crippen LogP contribution in [0.4, 0.5) is 30.5 Å². The summed E-state index contributed by atoms with van der Waals surface area (Å²) in [6, 6.07) is 2.41. The summed E-state index contributed by atoms with van der Waals surface area (Å²) in [6.07, 6.45) is 4.68. The van der Waals surface area contributed by atoms with Crippen LogP contribution in [0.15, 0.2) is 18.5 Å². The van der Waals surface area contributed by atoms with Gasteiger partial charge in [0.05, 0.1) is 23.8 Å². The van der Waals surface area contributed by atoms with Gasteiger partial charge in [0.2, 0.25) is 0 Å². The fraction of sp³-hybridized carbons (Fsp3) is 0.579. The topological polar surface area (TPSA) is 87.7 Å². The number of anilines is 3. The lowest BCUT2D eigenvalue weighted by atomic mass is 9.95. The molecule has 1 aliphatic carbocycles. The summed E-state index contributed by atoms with van der Waals surface area (Å²) < 4.78 is 37.7. The highest BCUT2D eigenvalue weighted by Crippen LogP contribution is 2.27. The van der Waals surface area contributed by atoms with Gasteiger partial charge in [-0.3, -0.25) is 0 Å².